The SMILES string of the molecule is Cl.NC[C@H]1CC[C@@H](C(=O)NC(c2cccc(F)c2)c2cccc(Cl)c2)O1. The number of carbonyl (C=O) groups is 1. The lowest BCUT2D eigenvalue weighted by Gasteiger charge is -2.22. The summed E-state index contributed by atoms with van der Waals surface area (Å²) in [6.45, 7) is 0.394. The molecular formula is C19H21Cl2FN2O2. The average molecular weight is 399 g/mol. The Hall–Kier alpha value is -1.66. The van der Waals surface area contributed by atoms with Crippen molar-refractivity contribution in [3.05, 3.63) is 70.5 Å². The van der Waals surface area contributed by atoms with Gasteiger partial charge in [0.25, 0.3) is 0 Å². The molecular weight excluding hydrogens is 378 g/mol. The third-order valence-corrected chi connectivity index (χ3v) is 4.55. The zero-order valence-corrected chi connectivity index (χ0v) is 15.6. The fourth-order valence-electron chi connectivity index (χ4n) is 3.04. The van der Waals surface area contributed by atoms with Crippen LogP contribution in [-0.2, 0) is 9.53 Å². The highest BCUT2D eigenvalue weighted by atomic mass is 35.5. The first-order valence-electron chi connectivity index (χ1n) is 8.23. The van der Waals surface area contributed by atoms with Crippen molar-refractivity contribution in [2.75, 3.05) is 6.54 Å². The predicted molar refractivity (Wildman–Crippen MR) is 102 cm³/mol. The molecule has 0 aromatic heterocycles. The molecule has 0 saturated carbocycles. The van der Waals surface area contributed by atoms with Crippen LogP contribution in [0.4, 0.5) is 4.39 Å². The summed E-state index contributed by atoms with van der Waals surface area (Å²) < 4.78 is 19.3. The Morgan fingerprint density at radius 1 is 1.23 bits per heavy atom. The summed E-state index contributed by atoms with van der Waals surface area (Å²) in [5.74, 6) is -0.593. The zero-order chi connectivity index (χ0) is 17.8. The van der Waals surface area contributed by atoms with E-state index in [-0.39, 0.29) is 30.2 Å². The molecule has 3 rings (SSSR count). The van der Waals surface area contributed by atoms with Crippen molar-refractivity contribution < 1.29 is 13.9 Å². The van der Waals surface area contributed by atoms with Gasteiger partial charge in [-0.3, -0.25) is 4.79 Å². The first-order chi connectivity index (χ1) is 12.1. The maximum absolute atomic E-state index is 13.7. The Morgan fingerprint density at radius 3 is 2.54 bits per heavy atom. The highest BCUT2D eigenvalue weighted by molar-refractivity contribution is 6.30. The first-order valence-corrected chi connectivity index (χ1v) is 8.61. The maximum atomic E-state index is 13.7. The molecule has 3 N–H and O–H groups in total. The van der Waals surface area contributed by atoms with Gasteiger partial charge >= 0.3 is 0 Å². The topological polar surface area (TPSA) is 64.4 Å². The smallest absolute Gasteiger partial charge is 0.249 e. The molecule has 140 valence electrons. The fraction of sp³-hybridized carbons (Fsp3) is 0.316. The van der Waals surface area contributed by atoms with E-state index in [0.717, 1.165) is 12.0 Å². The Bertz CT molecular complexity index is 714. The van der Waals surface area contributed by atoms with Gasteiger partial charge in [-0.25, -0.2) is 4.39 Å². The molecule has 0 spiro atoms. The second-order valence-electron chi connectivity index (χ2n) is 6.11. The minimum atomic E-state index is -0.538. The molecule has 2 aromatic rings. The third kappa shape index (κ3) is 4.95. The van der Waals surface area contributed by atoms with Crippen LogP contribution in [0.25, 0.3) is 0 Å². The normalized spacial score (nSPS) is 20.3. The lowest BCUT2D eigenvalue weighted by Crippen LogP contribution is -2.38. The van der Waals surface area contributed by atoms with Gasteiger partial charge in [-0.15, -0.1) is 12.4 Å². The number of amides is 1. The quantitative estimate of drug-likeness (QED) is 0.808. The number of ether oxygens (including phenoxy) is 1. The van der Waals surface area contributed by atoms with E-state index in [1.54, 1.807) is 30.3 Å². The molecule has 26 heavy (non-hydrogen) atoms. The number of hydrogen-bond acceptors (Lipinski definition) is 3. The van der Waals surface area contributed by atoms with Crippen LogP contribution in [0.5, 0.6) is 0 Å². The maximum Gasteiger partial charge on any atom is 0.249 e. The number of hydrogen-bond donors (Lipinski definition) is 2. The Balaban J connectivity index is 0.00000243. The molecule has 0 radical (unpaired) electrons. The van der Waals surface area contributed by atoms with Crippen molar-refractivity contribution in [2.45, 2.75) is 31.1 Å². The van der Waals surface area contributed by atoms with Crippen LogP contribution in [0, 0.1) is 5.82 Å². The molecule has 7 heteroatoms. The van der Waals surface area contributed by atoms with Crippen LogP contribution in [-0.4, -0.2) is 24.7 Å². The van der Waals surface area contributed by atoms with Gasteiger partial charge in [0.1, 0.15) is 11.9 Å². The van der Waals surface area contributed by atoms with Crippen molar-refractivity contribution in [3.8, 4) is 0 Å². The molecule has 1 aliphatic rings. The van der Waals surface area contributed by atoms with Gasteiger partial charge in [0.15, 0.2) is 0 Å². The highest BCUT2D eigenvalue weighted by Gasteiger charge is 2.31. The molecule has 1 heterocycles. The summed E-state index contributed by atoms with van der Waals surface area (Å²) >= 11 is 6.08. The van der Waals surface area contributed by atoms with E-state index in [9.17, 15) is 9.18 Å². The number of halogens is 3. The van der Waals surface area contributed by atoms with Crippen LogP contribution in [0.1, 0.15) is 30.0 Å². The molecule has 1 aliphatic heterocycles. The lowest BCUT2D eigenvalue weighted by atomic mass is 9.98. The summed E-state index contributed by atoms with van der Waals surface area (Å²) in [7, 11) is 0. The number of nitrogens with two attached hydrogens (primary N) is 1. The second kappa shape index (κ2) is 9.33. The molecule has 0 aliphatic carbocycles. The van der Waals surface area contributed by atoms with E-state index in [1.165, 1.54) is 12.1 Å². The summed E-state index contributed by atoms with van der Waals surface area (Å²) in [6.07, 6.45) is 0.758. The van der Waals surface area contributed by atoms with E-state index in [0.29, 0.717) is 23.6 Å². The van der Waals surface area contributed by atoms with Gasteiger partial charge < -0.3 is 15.8 Å². The zero-order valence-electron chi connectivity index (χ0n) is 14.0. The number of nitrogens with one attached hydrogen (secondary N) is 1. The fourth-order valence-corrected chi connectivity index (χ4v) is 3.24. The summed E-state index contributed by atoms with van der Waals surface area (Å²) in [5, 5.41) is 3.51. The average Bonchev–Trinajstić information content (AvgIpc) is 3.09. The number of benzene rings is 2. The Kier molecular flexibility index (Phi) is 7.41. The second-order valence-corrected chi connectivity index (χ2v) is 6.55. The molecule has 3 atom stereocenters. The Labute approximate surface area is 163 Å². The summed E-state index contributed by atoms with van der Waals surface area (Å²) in [6, 6.07) is 12.8. The van der Waals surface area contributed by atoms with Crippen molar-refractivity contribution >= 4 is 29.9 Å². The van der Waals surface area contributed by atoms with Gasteiger partial charge in [-0.2, -0.15) is 0 Å². The molecule has 1 saturated heterocycles. The van der Waals surface area contributed by atoms with E-state index in [4.69, 9.17) is 22.1 Å². The van der Waals surface area contributed by atoms with Crippen molar-refractivity contribution in [3.63, 3.8) is 0 Å². The van der Waals surface area contributed by atoms with Gasteiger partial charge in [0.2, 0.25) is 5.91 Å². The van der Waals surface area contributed by atoms with E-state index >= 15 is 0 Å². The molecule has 2 aromatic carbocycles. The van der Waals surface area contributed by atoms with E-state index in [1.807, 2.05) is 6.07 Å². The monoisotopic (exact) mass is 398 g/mol. The third-order valence-electron chi connectivity index (χ3n) is 4.31. The van der Waals surface area contributed by atoms with Crippen molar-refractivity contribution in [1.82, 2.24) is 5.32 Å². The standard InChI is InChI=1S/C19H20ClFN2O2.ClH/c20-14-5-1-3-12(9-14)18(13-4-2-6-15(21)10-13)23-19(24)17-8-7-16(11-22)25-17;/h1-6,9-10,16-18H,7-8,11,22H2,(H,23,24);1H/t16-,17+,18?;/m1./s1. The van der Waals surface area contributed by atoms with Crippen LogP contribution in [0.15, 0.2) is 48.5 Å². The molecule has 1 fully saturated rings. The van der Waals surface area contributed by atoms with Gasteiger partial charge in [-0.1, -0.05) is 35.9 Å². The largest absolute Gasteiger partial charge is 0.364 e. The molecule has 4 nitrogen and oxygen atoms in total. The summed E-state index contributed by atoms with van der Waals surface area (Å²) in [5.41, 5.74) is 7.02. The minimum Gasteiger partial charge on any atom is -0.364 e. The minimum absolute atomic E-state index is 0. The van der Waals surface area contributed by atoms with Crippen molar-refractivity contribution in [1.29, 1.82) is 0 Å². The van der Waals surface area contributed by atoms with Crippen LogP contribution in [0.2, 0.25) is 5.02 Å². The number of carbonyl (C=O) groups excluding carboxylic acids is 1. The van der Waals surface area contributed by atoms with E-state index < -0.39 is 12.1 Å². The van der Waals surface area contributed by atoms with E-state index in [2.05, 4.69) is 5.32 Å². The predicted octanol–water partition coefficient (Wildman–Crippen LogP) is 3.61. The molecule has 1 amide bonds. The van der Waals surface area contributed by atoms with Crippen molar-refractivity contribution in [2.24, 2.45) is 5.73 Å². The van der Waals surface area contributed by atoms with Crippen LogP contribution in [0.3, 0.4) is 0 Å². The highest BCUT2D eigenvalue weighted by Crippen LogP contribution is 2.27. The molecule has 0 bridgehead atoms. The van der Waals surface area contributed by atoms with Gasteiger partial charge in [0, 0.05) is 11.6 Å². The molecule has 1 unspecified atom stereocenters. The van der Waals surface area contributed by atoms with Gasteiger partial charge in [0.05, 0.1) is 12.1 Å². The van der Waals surface area contributed by atoms with Gasteiger partial charge in [-0.05, 0) is 48.2 Å². The first kappa shape index (κ1) is 20.6. The van der Waals surface area contributed by atoms with Crippen LogP contribution < -0.4 is 11.1 Å². The Morgan fingerprint density at radius 2 is 1.92 bits per heavy atom. The summed E-state index contributed by atoms with van der Waals surface area (Å²) in [4.78, 5) is 12.6. The lowest BCUT2D eigenvalue weighted by molar-refractivity contribution is -0.132. The van der Waals surface area contributed by atoms with Crippen LogP contribution >= 0.6 is 24.0 Å². The number of rotatable bonds is 5.